The normalized spacial score (nSPS) is 22.7. The fourth-order valence-electron chi connectivity index (χ4n) is 3.97. The number of nitrogens with one attached hydrogen (secondary N) is 1. The van der Waals surface area contributed by atoms with Crippen molar-refractivity contribution in [1.82, 2.24) is 19.4 Å². The van der Waals surface area contributed by atoms with E-state index in [2.05, 4.69) is 14.8 Å². The lowest BCUT2D eigenvalue weighted by Crippen LogP contribution is -2.52. The second-order valence-electron chi connectivity index (χ2n) is 8.70. The largest absolute Gasteiger partial charge is 0.494 e. The van der Waals surface area contributed by atoms with Crippen LogP contribution in [0.4, 0.5) is 5.69 Å². The summed E-state index contributed by atoms with van der Waals surface area (Å²) in [6.07, 6.45) is 4.32. The first-order valence-corrected chi connectivity index (χ1v) is 11.8. The van der Waals surface area contributed by atoms with Crippen LogP contribution in [0.1, 0.15) is 45.4 Å². The molecule has 170 valence electrons. The number of hydrogen-bond acceptors (Lipinski definition) is 7. The number of anilines is 1. The van der Waals surface area contributed by atoms with Crippen LogP contribution in [0.2, 0.25) is 0 Å². The molecule has 32 heavy (non-hydrogen) atoms. The summed E-state index contributed by atoms with van der Waals surface area (Å²) in [4.78, 5) is 20.9. The van der Waals surface area contributed by atoms with Crippen LogP contribution >= 0.6 is 0 Å². The zero-order valence-electron chi connectivity index (χ0n) is 20.3. The SMILES string of the molecule is [2H]C([2H])(c1cnn(C)c1)N1C(=O)c2cc(S(=O)(=O)NC3(C)CC3)cc(OC)c2N2C1=NC[C@H]2C. The van der Waals surface area contributed by atoms with Gasteiger partial charge in [0, 0.05) is 30.4 Å². The number of amides is 1. The zero-order valence-corrected chi connectivity index (χ0v) is 19.1. The van der Waals surface area contributed by atoms with Gasteiger partial charge in [-0.15, -0.1) is 0 Å². The Morgan fingerprint density at radius 2 is 2.12 bits per heavy atom. The van der Waals surface area contributed by atoms with Crippen LogP contribution in [0.15, 0.2) is 34.4 Å². The molecule has 0 unspecified atom stereocenters. The molecule has 1 amide bonds. The van der Waals surface area contributed by atoms with E-state index in [-0.39, 0.29) is 33.8 Å². The molecule has 0 saturated heterocycles. The summed E-state index contributed by atoms with van der Waals surface area (Å²) in [5.74, 6) is -0.354. The predicted octanol–water partition coefficient (Wildman–Crippen LogP) is 1.48. The number of benzene rings is 1. The van der Waals surface area contributed by atoms with Gasteiger partial charge in [-0.25, -0.2) is 13.1 Å². The van der Waals surface area contributed by atoms with Gasteiger partial charge < -0.3 is 9.64 Å². The molecule has 1 aromatic heterocycles. The molecule has 0 bridgehead atoms. The van der Waals surface area contributed by atoms with Crippen molar-refractivity contribution in [3.8, 4) is 5.75 Å². The molecular formula is C21H26N6O4S. The molecule has 10 nitrogen and oxygen atoms in total. The third-order valence-corrected chi connectivity index (χ3v) is 7.55. The van der Waals surface area contributed by atoms with Crippen molar-refractivity contribution >= 4 is 27.6 Å². The van der Waals surface area contributed by atoms with Crippen molar-refractivity contribution in [3.05, 3.63) is 35.7 Å². The predicted molar refractivity (Wildman–Crippen MR) is 118 cm³/mol. The molecule has 1 atom stereocenters. The summed E-state index contributed by atoms with van der Waals surface area (Å²) in [7, 11) is -0.875. The second kappa shape index (κ2) is 7.04. The number of nitrogens with zero attached hydrogens (tertiary/aromatic N) is 5. The lowest BCUT2D eigenvalue weighted by molar-refractivity contribution is 0.0832. The molecule has 3 aliphatic rings. The molecule has 0 radical (unpaired) electrons. The first kappa shape index (κ1) is 18.6. The first-order valence-electron chi connectivity index (χ1n) is 11.3. The maximum absolute atomic E-state index is 13.8. The van der Waals surface area contributed by atoms with E-state index >= 15 is 0 Å². The summed E-state index contributed by atoms with van der Waals surface area (Å²) in [5.41, 5.74) is 0.0827. The van der Waals surface area contributed by atoms with E-state index in [4.69, 9.17) is 7.48 Å². The number of rotatable bonds is 6. The van der Waals surface area contributed by atoms with Gasteiger partial charge in [-0.05, 0) is 32.8 Å². The lowest BCUT2D eigenvalue weighted by atomic mass is 10.0. The lowest BCUT2D eigenvalue weighted by Gasteiger charge is -2.38. The molecule has 1 saturated carbocycles. The van der Waals surface area contributed by atoms with Crippen LogP contribution < -0.4 is 14.4 Å². The van der Waals surface area contributed by atoms with Crippen molar-refractivity contribution in [3.63, 3.8) is 0 Å². The summed E-state index contributed by atoms with van der Waals surface area (Å²) in [5, 5.41) is 4.04. The molecule has 5 rings (SSSR count). The van der Waals surface area contributed by atoms with E-state index < -0.39 is 28.0 Å². The Hall–Kier alpha value is -2.92. The van der Waals surface area contributed by atoms with Crippen LogP contribution in [0, 0.1) is 0 Å². The van der Waals surface area contributed by atoms with Gasteiger partial charge in [0.25, 0.3) is 5.91 Å². The van der Waals surface area contributed by atoms with E-state index in [1.54, 1.807) is 11.9 Å². The Kier molecular flexibility index (Phi) is 4.10. The number of aryl methyl sites for hydroxylation is 1. The van der Waals surface area contributed by atoms with Gasteiger partial charge in [0.05, 0.1) is 51.3 Å². The summed E-state index contributed by atoms with van der Waals surface area (Å²) >= 11 is 0. The summed E-state index contributed by atoms with van der Waals surface area (Å²) < 4.78 is 53.6. The van der Waals surface area contributed by atoms with E-state index in [9.17, 15) is 13.2 Å². The van der Waals surface area contributed by atoms with Crippen LogP contribution in [-0.4, -0.2) is 60.2 Å². The molecule has 1 N–H and O–H groups in total. The van der Waals surface area contributed by atoms with Gasteiger partial charge in [-0.1, -0.05) is 0 Å². The Morgan fingerprint density at radius 1 is 1.38 bits per heavy atom. The van der Waals surface area contributed by atoms with Gasteiger partial charge in [0.2, 0.25) is 16.0 Å². The average Bonchev–Trinajstić information content (AvgIpc) is 3.13. The van der Waals surface area contributed by atoms with Crippen molar-refractivity contribution in [2.45, 2.75) is 49.7 Å². The number of carbonyl (C=O) groups is 1. The van der Waals surface area contributed by atoms with Crippen LogP contribution in [0.5, 0.6) is 5.75 Å². The monoisotopic (exact) mass is 460 g/mol. The van der Waals surface area contributed by atoms with Gasteiger partial charge in [-0.2, -0.15) is 5.10 Å². The van der Waals surface area contributed by atoms with Gasteiger partial charge >= 0.3 is 0 Å². The zero-order chi connectivity index (χ0) is 24.6. The third-order valence-electron chi connectivity index (χ3n) is 5.93. The van der Waals surface area contributed by atoms with Crippen LogP contribution in [0.25, 0.3) is 0 Å². The molecular weight excluding hydrogens is 432 g/mol. The van der Waals surface area contributed by atoms with E-state index in [0.717, 1.165) is 17.7 Å². The number of aromatic nitrogens is 2. The minimum atomic E-state index is -3.94. The Labute approximate surface area is 189 Å². The van der Waals surface area contributed by atoms with Crippen molar-refractivity contribution in [2.75, 3.05) is 18.6 Å². The van der Waals surface area contributed by atoms with Gasteiger partial charge in [-0.3, -0.25) is 19.4 Å². The highest BCUT2D eigenvalue weighted by atomic mass is 32.2. The Morgan fingerprint density at radius 3 is 2.75 bits per heavy atom. The standard InChI is InChI=1S/C21H26N6O4S/c1-13-9-22-20-26(12-14-10-23-25(3)11-14)19(28)16-7-15(8-17(31-4)18(16)27(13)20)32(29,30)24-21(2)5-6-21/h7-8,10-11,13,24H,5-6,9,12H2,1-4H3/t13-/m1/s1/i12D2. The number of fused-ring (bicyclic) bond motifs is 3. The number of sulfonamides is 1. The second-order valence-corrected chi connectivity index (χ2v) is 10.4. The van der Waals surface area contributed by atoms with E-state index in [0.29, 0.717) is 12.2 Å². The summed E-state index contributed by atoms with van der Waals surface area (Å²) in [6.45, 7) is 1.77. The fraction of sp³-hybridized carbons (Fsp3) is 0.476. The van der Waals surface area contributed by atoms with E-state index in [1.807, 2.05) is 13.8 Å². The highest BCUT2D eigenvalue weighted by Gasteiger charge is 2.45. The topological polar surface area (TPSA) is 109 Å². The minimum Gasteiger partial charge on any atom is -0.494 e. The van der Waals surface area contributed by atoms with Gasteiger partial charge in [0.15, 0.2) is 0 Å². The molecule has 0 spiro atoms. The smallest absolute Gasteiger partial charge is 0.263 e. The highest BCUT2D eigenvalue weighted by molar-refractivity contribution is 7.89. The van der Waals surface area contributed by atoms with Crippen molar-refractivity contribution < 1.29 is 20.7 Å². The van der Waals surface area contributed by atoms with Crippen LogP contribution in [0.3, 0.4) is 0 Å². The molecule has 11 heteroatoms. The molecule has 1 fully saturated rings. The molecule has 3 heterocycles. The maximum Gasteiger partial charge on any atom is 0.263 e. The third kappa shape index (κ3) is 3.36. The maximum atomic E-state index is 13.8. The van der Waals surface area contributed by atoms with Crippen LogP contribution in [-0.2, 0) is 23.6 Å². The Bertz CT molecular complexity index is 1330. The van der Waals surface area contributed by atoms with Gasteiger partial charge in [0.1, 0.15) is 5.75 Å². The number of carbonyl (C=O) groups excluding carboxylic acids is 1. The highest BCUT2D eigenvalue weighted by Crippen LogP contribution is 2.43. The molecule has 1 aliphatic carbocycles. The number of ether oxygens (including phenoxy) is 1. The number of guanidine groups is 1. The average molecular weight is 461 g/mol. The molecule has 2 aliphatic heterocycles. The number of hydrogen-bond donors (Lipinski definition) is 1. The van der Waals surface area contributed by atoms with Crippen molar-refractivity contribution in [2.24, 2.45) is 12.0 Å². The Balaban J connectivity index is 1.69. The number of aliphatic imine (C=N–C) groups is 1. The summed E-state index contributed by atoms with van der Waals surface area (Å²) in [6, 6.07) is 2.49. The van der Waals surface area contributed by atoms with E-state index in [1.165, 1.54) is 36.3 Å². The fourth-order valence-corrected chi connectivity index (χ4v) is 5.47. The first-order chi connectivity index (χ1) is 15.9. The van der Waals surface area contributed by atoms with Crippen molar-refractivity contribution in [1.29, 1.82) is 0 Å². The molecule has 2 aromatic rings. The quantitative estimate of drug-likeness (QED) is 0.699. The minimum absolute atomic E-state index is 0.0288. The number of methoxy groups -OCH3 is 1. The molecule has 1 aromatic carbocycles.